The van der Waals surface area contributed by atoms with Gasteiger partial charge in [0.1, 0.15) is 0 Å². The molecule has 0 N–H and O–H groups in total. The quantitative estimate of drug-likeness (QED) is 0.439. The summed E-state index contributed by atoms with van der Waals surface area (Å²) < 4.78 is 16.0. The third kappa shape index (κ3) is 4.10. The summed E-state index contributed by atoms with van der Waals surface area (Å²) in [4.78, 5) is 15.6. The zero-order valence-electron chi connectivity index (χ0n) is 13.2. The van der Waals surface area contributed by atoms with Crippen LogP contribution < -0.4 is 9.47 Å². The molecule has 1 heterocycles. The number of esters is 1. The number of hydrogen-bond acceptors (Lipinski definition) is 5. The first kappa shape index (κ1) is 16.1. The molecule has 1 aliphatic heterocycles. The lowest BCUT2D eigenvalue weighted by atomic mass is 10.1. The molecule has 0 saturated heterocycles. The lowest BCUT2D eigenvalue weighted by molar-refractivity contribution is -0.130. The topological polar surface area (TPSA) is 57.1 Å². The Labute approximate surface area is 130 Å². The molecule has 5 nitrogen and oxygen atoms in total. The molecular formula is C17H21NO4. The molecule has 5 heteroatoms. The Balaban J connectivity index is 2.12. The Morgan fingerprint density at radius 2 is 2.09 bits per heavy atom. The fourth-order valence-electron chi connectivity index (χ4n) is 2.10. The Hall–Kier alpha value is -2.30. The van der Waals surface area contributed by atoms with Crippen LogP contribution in [-0.4, -0.2) is 25.6 Å². The van der Waals surface area contributed by atoms with E-state index in [1.54, 1.807) is 20.1 Å². The number of nitrogens with zero attached hydrogens (tertiary/aromatic N) is 1. The van der Waals surface area contributed by atoms with Gasteiger partial charge in [0.15, 0.2) is 23.1 Å². The minimum Gasteiger partial charge on any atom is -0.493 e. The SMILES string of the molecule is CCCCCOc1ccc(/C=C2\N=C(C)OC2=O)cc1OC. The summed E-state index contributed by atoms with van der Waals surface area (Å²) in [5.74, 6) is 1.27. The minimum atomic E-state index is -0.434. The molecule has 0 unspecified atom stereocenters. The highest BCUT2D eigenvalue weighted by Gasteiger charge is 2.19. The molecule has 0 spiro atoms. The maximum absolute atomic E-state index is 11.6. The number of rotatable bonds is 7. The van der Waals surface area contributed by atoms with Gasteiger partial charge in [-0.05, 0) is 30.2 Å². The van der Waals surface area contributed by atoms with E-state index in [0.717, 1.165) is 24.8 Å². The fraction of sp³-hybridized carbons (Fsp3) is 0.412. The number of methoxy groups -OCH3 is 1. The van der Waals surface area contributed by atoms with Crippen LogP contribution in [-0.2, 0) is 9.53 Å². The third-order valence-corrected chi connectivity index (χ3v) is 3.22. The summed E-state index contributed by atoms with van der Waals surface area (Å²) in [6.45, 7) is 4.47. The van der Waals surface area contributed by atoms with Crippen molar-refractivity contribution in [2.24, 2.45) is 4.99 Å². The highest BCUT2D eigenvalue weighted by Crippen LogP contribution is 2.29. The summed E-state index contributed by atoms with van der Waals surface area (Å²) in [6.07, 6.45) is 4.99. The second kappa shape index (κ2) is 7.64. The van der Waals surface area contributed by atoms with E-state index in [1.165, 1.54) is 0 Å². The predicted octanol–water partition coefficient (Wildman–Crippen LogP) is 3.58. The molecule has 118 valence electrons. The fourth-order valence-corrected chi connectivity index (χ4v) is 2.10. The molecule has 1 aromatic rings. The van der Waals surface area contributed by atoms with Crippen molar-refractivity contribution in [1.82, 2.24) is 0 Å². The van der Waals surface area contributed by atoms with Crippen LogP contribution in [0, 0.1) is 0 Å². The van der Waals surface area contributed by atoms with E-state index in [0.29, 0.717) is 24.0 Å². The smallest absolute Gasteiger partial charge is 0.363 e. The monoisotopic (exact) mass is 303 g/mol. The van der Waals surface area contributed by atoms with E-state index >= 15 is 0 Å². The highest BCUT2D eigenvalue weighted by molar-refractivity contribution is 6.06. The summed E-state index contributed by atoms with van der Waals surface area (Å²) in [6, 6.07) is 5.52. The van der Waals surface area contributed by atoms with Crippen molar-refractivity contribution in [3.05, 3.63) is 29.5 Å². The van der Waals surface area contributed by atoms with Gasteiger partial charge in [0.05, 0.1) is 13.7 Å². The van der Waals surface area contributed by atoms with Gasteiger partial charge in [-0.3, -0.25) is 0 Å². The summed E-state index contributed by atoms with van der Waals surface area (Å²) in [7, 11) is 1.59. The van der Waals surface area contributed by atoms with Gasteiger partial charge in [-0.2, -0.15) is 0 Å². The molecule has 0 bridgehead atoms. The summed E-state index contributed by atoms with van der Waals surface area (Å²) >= 11 is 0. The van der Waals surface area contributed by atoms with E-state index in [2.05, 4.69) is 11.9 Å². The number of carbonyl (C=O) groups excluding carboxylic acids is 1. The Morgan fingerprint density at radius 3 is 2.73 bits per heavy atom. The second-order valence-corrected chi connectivity index (χ2v) is 5.02. The maximum Gasteiger partial charge on any atom is 0.363 e. The number of carbonyl (C=O) groups is 1. The Kier molecular flexibility index (Phi) is 5.58. The van der Waals surface area contributed by atoms with Crippen LogP contribution in [0.4, 0.5) is 0 Å². The van der Waals surface area contributed by atoms with E-state index in [4.69, 9.17) is 14.2 Å². The van der Waals surface area contributed by atoms with Crippen molar-refractivity contribution in [2.45, 2.75) is 33.1 Å². The number of benzene rings is 1. The van der Waals surface area contributed by atoms with Crippen molar-refractivity contribution in [1.29, 1.82) is 0 Å². The van der Waals surface area contributed by atoms with Crippen molar-refractivity contribution in [2.75, 3.05) is 13.7 Å². The van der Waals surface area contributed by atoms with E-state index in [-0.39, 0.29) is 5.70 Å². The van der Waals surface area contributed by atoms with Crippen LogP contribution in [0.3, 0.4) is 0 Å². The van der Waals surface area contributed by atoms with Crippen LogP contribution in [0.1, 0.15) is 38.7 Å². The largest absolute Gasteiger partial charge is 0.493 e. The second-order valence-electron chi connectivity index (χ2n) is 5.02. The van der Waals surface area contributed by atoms with Gasteiger partial charge in [-0.15, -0.1) is 0 Å². The first-order chi connectivity index (χ1) is 10.6. The van der Waals surface area contributed by atoms with Gasteiger partial charge in [-0.1, -0.05) is 25.8 Å². The molecule has 22 heavy (non-hydrogen) atoms. The van der Waals surface area contributed by atoms with Gasteiger partial charge in [0, 0.05) is 6.92 Å². The molecule has 0 fully saturated rings. The average molecular weight is 303 g/mol. The molecule has 0 atom stereocenters. The van der Waals surface area contributed by atoms with Crippen LogP contribution in [0.25, 0.3) is 6.08 Å². The highest BCUT2D eigenvalue weighted by atomic mass is 16.6. The minimum absolute atomic E-state index is 0.288. The standard InChI is InChI=1S/C17H21NO4/c1-4-5-6-9-21-15-8-7-13(11-16(15)20-3)10-14-17(19)22-12(2)18-14/h7-8,10-11H,4-6,9H2,1-3H3/b14-10-. The van der Waals surface area contributed by atoms with Crippen LogP contribution >= 0.6 is 0 Å². The van der Waals surface area contributed by atoms with E-state index in [1.807, 2.05) is 18.2 Å². The molecule has 0 radical (unpaired) electrons. The Morgan fingerprint density at radius 1 is 1.27 bits per heavy atom. The zero-order valence-corrected chi connectivity index (χ0v) is 13.2. The van der Waals surface area contributed by atoms with Gasteiger partial charge < -0.3 is 14.2 Å². The molecule has 0 aliphatic carbocycles. The van der Waals surface area contributed by atoms with Gasteiger partial charge in [0.2, 0.25) is 0 Å². The lowest BCUT2D eigenvalue weighted by Gasteiger charge is -2.11. The number of ether oxygens (including phenoxy) is 3. The van der Waals surface area contributed by atoms with Crippen LogP contribution in [0.2, 0.25) is 0 Å². The first-order valence-corrected chi connectivity index (χ1v) is 7.44. The third-order valence-electron chi connectivity index (χ3n) is 3.22. The average Bonchev–Trinajstić information content (AvgIpc) is 2.82. The van der Waals surface area contributed by atoms with E-state index in [9.17, 15) is 4.79 Å². The molecular weight excluding hydrogens is 282 g/mol. The van der Waals surface area contributed by atoms with Crippen molar-refractivity contribution >= 4 is 17.9 Å². The van der Waals surface area contributed by atoms with Gasteiger partial charge >= 0.3 is 5.97 Å². The number of hydrogen-bond donors (Lipinski definition) is 0. The van der Waals surface area contributed by atoms with Crippen LogP contribution in [0.15, 0.2) is 28.9 Å². The van der Waals surface area contributed by atoms with Gasteiger partial charge in [-0.25, -0.2) is 9.79 Å². The molecule has 0 aromatic heterocycles. The van der Waals surface area contributed by atoms with Crippen LogP contribution in [0.5, 0.6) is 11.5 Å². The van der Waals surface area contributed by atoms with Crippen molar-refractivity contribution in [3.8, 4) is 11.5 Å². The molecule has 1 aliphatic rings. The normalized spacial score (nSPS) is 15.7. The molecule has 0 amide bonds. The van der Waals surface area contributed by atoms with Crippen molar-refractivity contribution < 1.29 is 19.0 Å². The predicted molar refractivity (Wildman–Crippen MR) is 85.2 cm³/mol. The summed E-state index contributed by atoms with van der Waals surface area (Å²) in [5, 5.41) is 0. The van der Waals surface area contributed by atoms with Gasteiger partial charge in [0.25, 0.3) is 0 Å². The first-order valence-electron chi connectivity index (χ1n) is 7.44. The molecule has 1 aromatic carbocycles. The molecule has 2 rings (SSSR count). The number of cyclic esters (lactones) is 1. The lowest BCUT2D eigenvalue weighted by Crippen LogP contribution is -2.00. The number of aliphatic imine (C=N–C) groups is 1. The van der Waals surface area contributed by atoms with Crippen molar-refractivity contribution in [3.63, 3.8) is 0 Å². The Bertz CT molecular complexity index is 605. The van der Waals surface area contributed by atoms with E-state index < -0.39 is 5.97 Å². The maximum atomic E-state index is 11.6. The molecule has 0 saturated carbocycles. The summed E-state index contributed by atoms with van der Waals surface area (Å²) in [5.41, 5.74) is 1.10. The number of unbranched alkanes of at least 4 members (excludes halogenated alkanes) is 2. The zero-order chi connectivity index (χ0) is 15.9.